The van der Waals surface area contributed by atoms with Gasteiger partial charge < -0.3 is 30.3 Å². The number of Topliss-reactive ketones (excluding diaryl/α,β-unsaturated/α-hetero) is 1. The molecule has 0 radical (unpaired) electrons. The molecule has 5 N–H and O–H groups in total. The lowest BCUT2D eigenvalue weighted by Crippen LogP contribution is -2.36. The van der Waals surface area contributed by atoms with Crippen LogP contribution in [-0.4, -0.2) is 75.4 Å². The van der Waals surface area contributed by atoms with Crippen molar-refractivity contribution in [2.75, 3.05) is 19.8 Å². The highest BCUT2D eigenvalue weighted by molar-refractivity contribution is 5.83. The number of aliphatic hydroxyl groups excluding tert-OH is 5. The molecule has 0 spiro atoms. The van der Waals surface area contributed by atoms with Crippen molar-refractivity contribution in [1.29, 1.82) is 0 Å². The Morgan fingerprint density at radius 3 is 1.13 bits per heavy atom. The van der Waals surface area contributed by atoms with Crippen LogP contribution >= 0.6 is 0 Å². The van der Waals surface area contributed by atoms with Gasteiger partial charge in [0.15, 0.2) is 5.78 Å². The molecule has 54 heavy (non-hydrogen) atoms. The Bertz CT molecular complexity index is 1080. The van der Waals surface area contributed by atoms with E-state index in [4.69, 9.17) is 20.1 Å². The quantitative estimate of drug-likeness (QED) is 0.0248. The number of esters is 1. The molecule has 8 nitrogen and oxygen atoms in total. The van der Waals surface area contributed by atoms with Gasteiger partial charge in [-0.15, -0.1) is 0 Å². The van der Waals surface area contributed by atoms with Crippen LogP contribution < -0.4 is 0 Å². The third-order valence-electron chi connectivity index (χ3n) is 8.05. The van der Waals surface area contributed by atoms with E-state index in [0.29, 0.717) is 19.3 Å². The summed E-state index contributed by atoms with van der Waals surface area (Å²) in [4.78, 5) is 23.0. The lowest BCUT2D eigenvalue weighted by atomic mass is 10.0. The highest BCUT2D eigenvalue weighted by Crippen LogP contribution is 2.06. The van der Waals surface area contributed by atoms with Gasteiger partial charge in [0.05, 0.1) is 19.8 Å². The fourth-order valence-corrected chi connectivity index (χ4v) is 4.72. The van der Waals surface area contributed by atoms with Gasteiger partial charge in [-0.2, -0.15) is 0 Å². The summed E-state index contributed by atoms with van der Waals surface area (Å²) in [5.41, 5.74) is 0. The molecule has 2 unspecified atom stereocenters. The van der Waals surface area contributed by atoms with E-state index in [0.717, 1.165) is 51.4 Å². The number of unbranched alkanes of at least 4 members (excludes halogenated alkanes) is 8. The Morgan fingerprint density at radius 2 is 0.796 bits per heavy atom. The molecule has 0 heterocycles. The van der Waals surface area contributed by atoms with Gasteiger partial charge in [-0.3, -0.25) is 9.59 Å². The number of ether oxygens (including phenoxy) is 1. The predicted molar refractivity (Wildman–Crippen MR) is 225 cm³/mol. The van der Waals surface area contributed by atoms with Crippen LogP contribution in [0.15, 0.2) is 97.2 Å². The lowest BCUT2D eigenvalue weighted by Gasteiger charge is -2.13. The zero-order valence-corrected chi connectivity index (χ0v) is 33.7. The summed E-state index contributed by atoms with van der Waals surface area (Å²) < 4.78 is 4.89. The zero-order chi connectivity index (χ0) is 40.2. The van der Waals surface area contributed by atoms with Crippen LogP contribution in [-0.2, 0) is 14.3 Å². The van der Waals surface area contributed by atoms with Gasteiger partial charge in [0.25, 0.3) is 0 Å². The number of hydrogen-bond acceptors (Lipinski definition) is 8. The maximum atomic E-state index is 11.5. The molecule has 0 bridgehead atoms. The van der Waals surface area contributed by atoms with Gasteiger partial charge in [0, 0.05) is 12.8 Å². The minimum absolute atomic E-state index is 0.205. The monoisotopic (exact) mass is 757 g/mol. The van der Waals surface area contributed by atoms with Crippen molar-refractivity contribution in [2.24, 2.45) is 0 Å². The van der Waals surface area contributed by atoms with Crippen molar-refractivity contribution in [1.82, 2.24) is 0 Å². The van der Waals surface area contributed by atoms with E-state index in [1.165, 1.54) is 51.4 Å². The average molecular weight is 757 g/mol. The first-order chi connectivity index (χ1) is 26.4. The molecule has 0 aromatic heterocycles. The van der Waals surface area contributed by atoms with Gasteiger partial charge in [0.1, 0.15) is 18.3 Å². The maximum Gasteiger partial charge on any atom is 0.306 e. The van der Waals surface area contributed by atoms with Crippen LogP contribution in [0.3, 0.4) is 0 Å². The van der Waals surface area contributed by atoms with Gasteiger partial charge in [-0.05, 0) is 89.9 Å². The first-order valence-corrected chi connectivity index (χ1v) is 20.5. The summed E-state index contributed by atoms with van der Waals surface area (Å²) in [7, 11) is 0. The molecule has 308 valence electrons. The molecular weight excluding hydrogens is 680 g/mol. The summed E-state index contributed by atoms with van der Waals surface area (Å²) in [6, 6.07) is 0. The standard InChI is InChI=1S/2C23H38O4/c1-2-3-4-5-6-7-8-9-10-11-12-13-14-15-16-17-18-19-23(26)27-22(20-24)21-25;1-2-3-4-5-6-7-8-9-10-11-12-13-14-15-16-17-18-19-21(25)23(27)22(26)20-24/h6-7,9-10,12-13,15-16,22,24-25H,2-5,8,11,14,17-21H2,1H3;6-7,9-10,12-13,15-16,22-24,26-27H,2-5,8,11,14,17-20H2,1H3. The minimum Gasteiger partial charge on any atom is -0.457 e. The van der Waals surface area contributed by atoms with E-state index in [1.54, 1.807) is 0 Å². The molecule has 0 aliphatic carbocycles. The number of carbonyl (C=O) groups is 2. The Labute approximate surface area is 328 Å². The SMILES string of the molecule is CCCCCC=CCC=CCC=CCC=CCCCC(=O)C(O)C(O)CO.CCCCCC=CCC=CCC=CCC=CCCCC(=O)OC(CO)CO. The molecule has 0 saturated carbocycles. The van der Waals surface area contributed by atoms with E-state index >= 15 is 0 Å². The fraction of sp³-hybridized carbons (Fsp3) is 0.609. The van der Waals surface area contributed by atoms with Crippen molar-refractivity contribution in [3.05, 3.63) is 97.2 Å². The number of hydrogen-bond donors (Lipinski definition) is 5. The van der Waals surface area contributed by atoms with Crippen molar-refractivity contribution < 1.29 is 39.9 Å². The molecule has 0 aliphatic rings. The van der Waals surface area contributed by atoms with Crippen LogP contribution in [0.2, 0.25) is 0 Å². The average Bonchev–Trinajstić information content (AvgIpc) is 3.18. The Balaban J connectivity index is 0. The van der Waals surface area contributed by atoms with Crippen molar-refractivity contribution in [3.63, 3.8) is 0 Å². The van der Waals surface area contributed by atoms with Crippen LogP contribution in [0.5, 0.6) is 0 Å². The molecule has 0 aliphatic heterocycles. The number of carbonyl (C=O) groups excluding carboxylic acids is 2. The van der Waals surface area contributed by atoms with E-state index in [2.05, 4.69) is 105 Å². The topological polar surface area (TPSA) is 145 Å². The summed E-state index contributed by atoms with van der Waals surface area (Å²) in [6.45, 7) is 3.15. The third kappa shape index (κ3) is 40.1. The van der Waals surface area contributed by atoms with Crippen LogP contribution in [0, 0.1) is 0 Å². The predicted octanol–water partition coefficient (Wildman–Crippen LogP) is 9.44. The molecule has 8 heteroatoms. The van der Waals surface area contributed by atoms with E-state index in [-0.39, 0.29) is 25.6 Å². The number of ketones is 1. The summed E-state index contributed by atoms with van der Waals surface area (Å²) >= 11 is 0. The van der Waals surface area contributed by atoms with Crippen LogP contribution in [0.1, 0.15) is 142 Å². The van der Waals surface area contributed by atoms with Crippen LogP contribution in [0.25, 0.3) is 0 Å². The number of rotatable bonds is 34. The molecule has 0 rings (SSSR count). The van der Waals surface area contributed by atoms with Gasteiger partial charge in [-0.1, -0.05) is 137 Å². The minimum atomic E-state index is -1.48. The van der Waals surface area contributed by atoms with Gasteiger partial charge in [-0.25, -0.2) is 0 Å². The Kier molecular flexibility index (Phi) is 43.4. The smallest absolute Gasteiger partial charge is 0.306 e. The van der Waals surface area contributed by atoms with E-state index in [1.807, 2.05) is 6.08 Å². The second-order valence-electron chi connectivity index (χ2n) is 13.1. The molecular formula is C46H76O8. The summed E-state index contributed by atoms with van der Waals surface area (Å²) in [5.74, 6) is -0.800. The molecule has 0 saturated heterocycles. The maximum absolute atomic E-state index is 11.5. The molecule has 2 atom stereocenters. The molecule has 0 fully saturated rings. The Hall–Kier alpha value is -3.14. The molecule has 0 aromatic carbocycles. The van der Waals surface area contributed by atoms with E-state index in [9.17, 15) is 19.8 Å². The second-order valence-corrected chi connectivity index (χ2v) is 13.1. The highest BCUT2D eigenvalue weighted by Gasteiger charge is 2.22. The number of aliphatic hydroxyl groups is 5. The fourth-order valence-electron chi connectivity index (χ4n) is 4.72. The largest absolute Gasteiger partial charge is 0.457 e. The van der Waals surface area contributed by atoms with Crippen molar-refractivity contribution >= 4 is 11.8 Å². The Morgan fingerprint density at radius 1 is 0.463 bits per heavy atom. The van der Waals surface area contributed by atoms with E-state index < -0.39 is 30.7 Å². The summed E-state index contributed by atoms with van der Waals surface area (Å²) in [5, 5.41) is 45.0. The second kappa shape index (κ2) is 44.3. The normalized spacial score (nSPS) is 13.6. The van der Waals surface area contributed by atoms with Crippen molar-refractivity contribution in [3.8, 4) is 0 Å². The lowest BCUT2D eigenvalue weighted by molar-refractivity contribution is -0.153. The van der Waals surface area contributed by atoms with Gasteiger partial charge in [0.2, 0.25) is 0 Å². The molecule has 0 amide bonds. The zero-order valence-electron chi connectivity index (χ0n) is 33.7. The third-order valence-corrected chi connectivity index (χ3v) is 8.05. The van der Waals surface area contributed by atoms with Crippen molar-refractivity contribution in [2.45, 2.75) is 161 Å². The van der Waals surface area contributed by atoms with Crippen LogP contribution in [0.4, 0.5) is 0 Å². The van der Waals surface area contributed by atoms with Gasteiger partial charge >= 0.3 is 5.97 Å². The summed E-state index contributed by atoms with van der Waals surface area (Å²) in [6.07, 6.45) is 50.1. The number of allylic oxidation sites excluding steroid dienone is 16. The first kappa shape index (κ1) is 53.0. The molecule has 0 aromatic rings. The highest BCUT2D eigenvalue weighted by atomic mass is 16.6. The first-order valence-electron chi connectivity index (χ1n) is 20.5.